The molecule has 1 aliphatic heterocycles. The van der Waals surface area contributed by atoms with Gasteiger partial charge in [-0.1, -0.05) is 12.1 Å². The maximum absolute atomic E-state index is 12.0. The summed E-state index contributed by atoms with van der Waals surface area (Å²) < 4.78 is 5.46. The van der Waals surface area contributed by atoms with Crippen LogP contribution in [0.5, 0.6) is 5.75 Å². The molecule has 22 heavy (non-hydrogen) atoms. The average Bonchev–Trinajstić information content (AvgIpc) is 2.90. The minimum absolute atomic E-state index is 0.214. The summed E-state index contributed by atoms with van der Waals surface area (Å²) in [6.45, 7) is 2.53. The zero-order valence-corrected chi connectivity index (χ0v) is 12.1. The van der Waals surface area contributed by atoms with Crippen molar-refractivity contribution >= 4 is 17.8 Å². The first-order valence-electron chi connectivity index (χ1n) is 7.01. The Morgan fingerprint density at radius 3 is 2.82 bits per heavy atom. The lowest BCUT2D eigenvalue weighted by Crippen LogP contribution is -2.24. The summed E-state index contributed by atoms with van der Waals surface area (Å²) in [5, 5.41) is 2.76. The topological polar surface area (TPSA) is 63.6 Å². The highest BCUT2D eigenvalue weighted by Gasteiger charge is 2.20. The van der Waals surface area contributed by atoms with E-state index in [-0.39, 0.29) is 5.91 Å². The van der Waals surface area contributed by atoms with Crippen molar-refractivity contribution in [3.8, 4) is 5.75 Å². The van der Waals surface area contributed by atoms with E-state index in [1.807, 2.05) is 31.2 Å². The Bertz CT molecular complexity index is 752. The minimum Gasteiger partial charge on any atom is -0.494 e. The van der Waals surface area contributed by atoms with Crippen LogP contribution in [0, 0.1) is 0 Å². The van der Waals surface area contributed by atoms with E-state index in [2.05, 4.69) is 15.3 Å². The van der Waals surface area contributed by atoms with Crippen LogP contribution in [0.3, 0.4) is 0 Å². The number of amidine groups is 1. The Kier molecular flexibility index (Phi) is 3.96. The number of ether oxygens (including phenoxy) is 1. The maximum atomic E-state index is 12.0. The van der Waals surface area contributed by atoms with Crippen molar-refractivity contribution in [2.24, 2.45) is 4.99 Å². The van der Waals surface area contributed by atoms with Crippen LogP contribution < -0.4 is 10.1 Å². The van der Waals surface area contributed by atoms with Gasteiger partial charge in [-0.05, 0) is 42.8 Å². The maximum Gasteiger partial charge on any atom is 0.275 e. The monoisotopic (exact) mass is 293 g/mol. The summed E-state index contributed by atoms with van der Waals surface area (Å²) in [6.07, 6.45) is 5.07. The van der Waals surface area contributed by atoms with Gasteiger partial charge in [-0.15, -0.1) is 0 Å². The van der Waals surface area contributed by atoms with E-state index in [1.165, 1.54) is 0 Å². The van der Waals surface area contributed by atoms with Crippen LogP contribution in [0.1, 0.15) is 18.1 Å². The molecule has 1 amide bonds. The third kappa shape index (κ3) is 3.03. The number of hydrogen-bond donors (Lipinski definition) is 1. The molecule has 1 aromatic carbocycles. The van der Waals surface area contributed by atoms with Crippen LogP contribution in [0.25, 0.3) is 6.08 Å². The van der Waals surface area contributed by atoms with Crippen LogP contribution in [0.15, 0.2) is 59.5 Å². The predicted octanol–water partition coefficient (Wildman–Crippen LogP) is 2.40. The number of carbonyl (C=O) groups is 1. The van der Waals surface area contributed by atoms with Gasteiger partial charge in [0.25, 0.3) is 5.91 Å². The number of aliphatic imine (C=N–C) groups is 1. The second kappa shape index (κ2) is 6.22. The van der Waals surface area contributed by atoms with Gasteiger partial charge in [-0.25, -0.2) is 4.99 Å². The molecule has 5 heteroatoms. The molecule has 0 spiro atoms. The molecule has 0 radical (unpaired) electrons. The second-order valence-electron chi connectivity index (χ2n) is 4.69. The molecule has 2 heterocycles. The SMILES string of the molecule is CCOc1cccc(/C=C2/N=C(c3ccncc3)NC2=O)c1. The standard InChI is InChI=1S/C17H15N3O2/c1-2-22-14-5-3-4-12(10-14)11-15-17(21)20-16(19-15)13-6-8-18-9-7-13/h3-11H,2H2,1H3,(H,19,20,21)/b15-11+. The van der Waals surface area contributed by atoms with Gasteiger partial charge < -0.3 is 10.1 Å². The molecule has 1 aliphatic rings. The van der Waals surface area contributed by atoms with Crippen molar-refractivity contribution in [2.75, 3.05) is 6.61 Å². The third-order valence-electron chi connectivity index (χ3n) is 3.12. The predicted molar refractivity (Wildman–Crippen MR) is 84.5 cm³/mol. The zero-order chi connectivity index (χ0) is 15.4. The van der Waals surface area contributed by atoms with Crippen molar-refractivity contribution in [3.63, 3.8) is 0 Å². The number of pyridine rings is 1. The summed E-state index contributed by atoms with van der Waals surface area (Å²) in [4.78, 5) is 20.3. The van der Waals surface area contributed by atoms with Crippen LogP contribution in [-0.2, 0) is 4.79 Å². The number of amides is 1. The van der Waals surface area contributed by atoms with E-state index >= 15 is 0 Å². The fraction of sp³-hybridized carbons (Fsp3) is 0.118. The quantitative estimate of drug-likeness (QED) is 0.880. The first-order valence-corrected chi connectivity index (χ1v) is 7.01. The number of nitrogens with one attached hydrogen (secondary N) is 1. The van der Waals surface area contributed by atoms with Crippen molar-refractivity contribution in [1.29, 1.82) is 0 Å². The lowest BCUT2D eigenvalue weighted by atomic mass is 10.2. The van der Waals surface area contributed by atoms with Crippen LogP contribution in [0.4, 0.5) is 0 Å². The average molecular weight is 293 g/mol. The van der Waals surface area contributed by atoms with Crippen molar-refractivity contribution < 1.29 is 9.53 Å². The number of carbonyl (C=O) groups excluding carboxylic acids is 1. The van der Waals surface area contributed by atoms with Crippen LogP contribution in [-0.4, -0.2) is 23.3 Å². The van der Waals surface area contributed by atoms with E-state index in [9.17, 15) is 4.79 Å². The molecule has 3 rings (SSSR count). The fourth-order valence-electron chi connectivity index (χ4n) is 2.13. The molecule has 0 bridgehead atoms. The molecular formula is C17H15N3O2. The fourth-order valence-corrected chi connectivity index (χ4v) is 2.13. The Labute approximate surface area is 128 Å². The first kappa shape index (κ1) is 14.0. The van der Waals surface area contributed by atoms with Gasteiger partial charge in [0.1, 0.15) is 17.3 Å². The molecule has 0 fully saturated rings. The summed E-state index contributed by atoms with van der Waals surface area (Å²) in [5.74, 6) is 1.10. The summed E-state index contributed by atoms with van der Waals surface area (Å²) in [7, 11) is 0. The number of aromatic nitrogens is 1. The van der Waals surface area contributed by atoms with E-state index in [0.717, 1.165) is 16.9 Å². The molecule has 1 aromatic heterocycles. The van der Waals surface area contributed by atoms with E-state index < -0.39 is 0 Å². The molecule has 110 valence electrons. The smallest absolute Gasteiger partial charge is 0.275 e. The molecule has 1 N–H and O–H groups in total. The van der Waals surface area contributed by atoms with Gasteiger partial charge in [0.15, 0.2) is 0 Å². The highest BCUT2D eigenvalue weighted by molar-refractivity contribution is 6.19. The molecular weight excluding hydrogens is 278 g/mol. The number of benzene rings is 1. The van der Waals surface area contributed by atoms with Crippen LogP contribution in [0.2, 0.25) is 0 Å². The molecule has 0 saturated carbocycles. The molecule has 5 nitrogen and oxygen atoms in total. The molecule has 0 aliphatic carbocycles. The Morgan fingerprint density at radius 2 is 2.05 bits per heavy atom. The number of hydrogen-bond acceptors (Lipinski definition) is 4. The summed E-state index contributed by atoms with van der Waals surface area (Å²) in [5.41, 5.74) is 2.08. The number of nitrogens with zero attached hydrogens (tertiary/aromatic N) is 2. The van der Waals surface area contributed by atoms with E-state index in [0.29, 0.717) is 18.1 Å². The Hall–Kier alpha value is -2.95. The summed E-state index contributed by atoms with van der Waals surface area (Å²) in [6, 6.07) is 11.2. The van der Waals surface area contributed by atoms with Gasteiger partial charge in [-0.2, -0.15) is 0 Å². The first-order chi connectivity index (χ1) is 10.8. The molecule has 0 atom stereocenters. The lowest BCUT2D eigenvalue weighted by Gasteiger charge is -2.03. The van der Waals surface area contributed by atoms with Gasteiger partial charge >= 0.3 is 0 Å². The van der Waals surface area contributed by atoms with Gasteiger partial charge in [0, 0.05) is 18.0 Å². The van der Waals surface area contributed by atoms with E-state index in [1.54, 1.807) is 30.6 Å². The second-order valence-corrected chi connectivity index (χ2v) is 4.69. The van der Waals surface area contributed by atoms with Crippen molar-refractivity contribution in [3.05, 3.63) is 65.6 Å². The zero-order valence-electron chi connectivity index (χ0n) is 12.1. The van der Waals surface area contributed by atoms with Crippen LogP contribution >= 0.6 is 0 Å². The Balaban J connectivity index is 1.89. The molecule has 2 aromatic rings. The number of rotatable bonds is 4. The van der Waals surface area contributed by atoms with Crippen molar-refractivity contribution in [2.45, 2.75) is 6.92 Å². The molecule has 0 saturated heterocycles. The highest BCUT2D eigenvalue weighted by atomic mass is 16.5. The highest BCUT2D eigenvalue weighted by Crippen LogP contribution is 2.18. The van der Waals surface area contributed by atoms with Gasteiger partial charge in [-0.3, -0.25) is 9.78 Å². The van der Waals surface area contributed by atoms with Crippen molar-refractivity contribution in [1.82, 2.24) is 10.3 Å². The van der Waals surface area contributed by atoms with E-state index in [4.69, 9.17) is 4.74 Å². The Morgan fingerprint density at radius 1 is 1.23 bits per heavy atom. The van der Waals surface area contributed by atoms with Gasteiger partial charge in [0.2, 0.25) is 0 Å². The third-order valence-corrected chi connectivity index (χ3v) is 3.12. The largest absolute Gasteiger partial charge is 0.494 e. The lowest BCUT2D eigenvalue weighted by molar-refractivity contribution is -0.115. The summed E-state index contributed by atoms with van der Waals surface area (Å²) >= 11 is 0. The minimum atomic E-state index is -0.214. The normalized spacial score (nSPS) is 15.6. The van der Waals surface area contributed by atoms with Gasteiger partial charge in [0.05, 0.1) is 6.61 Å². The molecule has 0 unspecified atom stereocenters.